The second kappa shape index (κ2) is 3.61. The van der Waals surface area contributed by atoms with E-state index in [0.29, 0.717) is 0 Å². The molecule has 0 saturated carbocycles. The molecule has 0 rings (SSSR count). The Hall–Kier alpha value is -0.370. The molecular formula is C6H14N2. The molecule has 0 aromatic rings. The maximum Gasteiger partial charge on any atom is 0.0903 e. The molecule has 0 bridgehead atoms. The van der Waals surface area contributed by atoms with Crippen LogP contribution in [0.5, 0.6) is 0 Å². The van der Waals surface area contributed by atoms with Gasteiger partial charge in [0.15, 0.2) is 0 Å². The van der Waals surface area contributed by atoms with Gasteiger partial charge in [-0.1, -0.05) is 0 Å². The van der Waals surface area contributed by atoms with Crippen molar-refractivity contribution in [2.24, 2.45) is 4.99 Å². The number of nitrogens with zero attached hydrogens (tertiary/aromatic N) is 2. The van der Waals surface area contributed by atoms with Gasteiger partial charge in [0.25, 0.3) is 0 Å². The Balaban J connectivity index is 3.29. The van der Waals surface area contributed by atoms with Crippen molar-refractivity contribution in [3.63, 3.8) is 0 Å². The molecule has 48 valence electrons. The summed E-state index contributed by atoms with van der Waals surface area (Å²) in [6.07, 6.45) is 0. The third kappa shape index (κ3) is 5.63. The molecular weight excluding hydrogens is 100 g/mol. The maximum atomic E-state index is 4.17. The van der Waals surface area contributed by atoms with Crippen molar-refractivity contribution in [3.05, 3.63) is 0 Å². The second-order valence-corrected chi connectivity index (χ2v) is 2.33. The number of rotatable bonds is 2. The zero-order valence-electron chi connectivity index (χ0n) is 6.10. The third-order valence-electron chi connectivity index (χ3n) is 0.670. The van der Waals surface area contributed by atoms with E-state index < -0.39 is 0 Å². The van der Waals surface area contributed by atoms with E-state index in [4.69, 9.17) is 0 Å². The SMILES string of the molecule is CC(C)=NCN(C)C. The smallest absolute Gasteiger partial charge is 0.0903 e. The van der Waals surface area contributed by atoms with Gasteiger partial charge in [-0.15, -0.1) is 0 Å². The van der Waals surface area contributed by atoms with Gasteiger partial charge >= 0.3 is 0 Å². The molecule has 0 amide bonds. The lowest BCUT2D eigenvalue weighted by Crippen LogP contribution is -2.11. The lowest BCUT2D eigenvalue weighted by atomic mass is 10.5. The predicted molar refractivity (Wildman–Crippen MR) is 37.3 cm³/mol. The van der Waals surface area contributed by atoms with Crippen LogP contribution in [-0.4, -0.2) is 31.4 Å². The Morgan fingerprint density at radius 2 is 1.88 bits per heavy atom. The summed E-state index contributed by atoms with van der Waals surface area (Å²) in [6.45, 7) is 4.81. The zero-order valence-corrected chi connectivity index (χ0v) is 6.10. The minimum Gasteiger partial charge on any atom is -0.291 e. The molecule has 0 spiro atoms. The first-order valence-corrected chi connectivity index (χ1v) is 2.75. The molecule has 0 fully saturated rings. The van der Waals surface area contributed by atoms with Gasteiger partial charge in [0, 0.05) is 5.71 Å². The Labute approximate surface area is 51.2 Å². The Bertz CT molecular complexity index is 80.5. The number of hydrogen-bond acceptors (Lipinski definition) is 2. The van der Waals surface area contributed by atoms with Crippen molar-refractivity contribution in [2.75, 3.05) is 20.8 Å². The molecule has 0 aliphatic carbocycles. The standard InChI is InChI=1S/C6H14N2/c1-6(2)7-5-8(3)4/h5H2,1-4H3. The van der Waals surface area contributed by atoms with E-state index >= 15 is 0 Å². The summed E-state index contributed by atoms with van der Waals surface area (Å²) in [4.78, 5) is 6.20. The molecule has 0 atom stereocenters. The van der Waals surface area contributed by atoms with Crippen molar-refractivity contribution in [3.8, 4) is 0 Å². The highest BCUT2D eigenvalue weighted by Crippen LogP contribution is 1.77. The predicted octanol–water partition coefficient (Wildman–Crippen LogP) is 0.986. The fraction of sp³-hybridized carbons (Fsp3) is 0.833. The summed E-state index contributed by atoms with van der Waals surface area (Å²) in [5, 5.41) is 0. The molecule has 0 aromatic carbocycles. The highest BCUT2D eigenvalue weighted by Gasteiger charge is 1.81. The van der Waals surface area contributed by atoms with Crippen molar-refractivity contribution in [1.82, 2.24) is 4.90 Å². The molecule has 0 aliphatic heterocycles. The van der Waals surface area contributed by atoms with Crippen LogP contribution >= 0.6 is 0 Å². The van der Waals surface area contributed by atoms with Gasteiger partial charge in [0.2, 0.25) is 0 Å². The van der Waals surface area contributed by atoms with Gasteiger partial charge in [-0.05, 0) is 27.9 Å². The summed E-state index contributed by atoms with van der Waals surface area (Å²) < 4.78 is 0. The molecule has 2 nitrogen and oxygen atoms in total. The van der Waals surface area contributed by atoms with E-state index in [1.807, 2.05) is 32.8 Å². The van der Waals surface area contributed by atoms with Gasteiger partial charge in [0.05, 0.1) is 6.67 Å². The van der Waals surface area contributed by atoms with Crippen LogP contribution < -0.4 is 0 Å². The van der Waals surface area contributed by atoms with Gasteiger partial charge in [-0.3, -0.25) is 9.89 Å². The molecule has 0 aliphatic rings. The van der Waals surface area contributed by atoms with E-state index in [1.54, 1.807) is 0 Å². The summed E-state index contributed by atoms with van der Waals surface area (Å²) in [5.41, 5.74) is 1.14. The average Bonchev–Trinajstić information content (AvgIpc) is 1.61. The van der Waals surface area contributed by atoms with Crippen molar-refractivity contribution in [1.29, 1.82) is 0 Å². The molecule has 0 saturated heterocycles. The molecule has 0 unspecified atom stereocenters. The largest absolute Gasteiger partial charge is 0.291 e. The van der Waals surface area contributed by atoms with E-state index in [9.17, 15) is 0 Å². The van der Waals surface area contributed by atoms with Crippen LogP contribution in [0.3, 0.4) is 0 Å². The summed E-state index contributed by atoms with van der Waals surface area (Å²) in [5.74, 6) is 0. The van der Waals surface area contributed by atoms with Crippen molar-refractivity contribution in [2.45, 2.75) is 13.8 Å². The molecule has 0 heterocycles. The fourth-order valence-corrected chi connectivity index (χ4v) is 0.283. The molecule has 0 aromatic heterocycles. The van der Waals surface area contributed by atoms with Crippen LogP contribution in [0, 0.1) is 0 Å². The highest BCUT2D eigenvalue weighted by molar-refractivity contribution is 5.78. The monoisotopic (exact) mass is 114 g/mol. The minimum absolute atomic E-state index is 0.808. The quantitative estimate of drug-likeness (QED) is 0.489. The van der Waals surface area contributed by atoms with Crippen LogP contribution in [0.2, 0.25) is 0 Å². The third-order valence-corrected chi connectivity index (χ3v) is 0.670. The van der Waals surface area contributed by atoms with E-state index in [1.165, 1.54) is 0 Å². The maximum absolute atomic E-state index is 4.17. The summed E-state index contributed by atoms with van der Waals surface area (Å²) in [7, 11) is 4.01. The van der Waals surface area contributed by atoms with Gasteiger partial charge < -0.3 is 0 Å². The Kier molecular flexibility index (Phi) is 3.44. The van der Waals surface area contributed by atoms with Crippen LogP contribution in [-0.2, 0) is 0 Å². The van der Waals surface area contributed by atoms with Crippen LogP contribution in [0.15, 0.2) is 4.99 Å². The minimum atomic E-state index is 0.808. The van der Waals surface area contributed by atoms with Gasteiger partial charge in [-0.25, -0.2) is 0 Å². The van der Waals surface area contributed by atoms with Gasteiger partial charge in [0.1, 0.15) is 0 Å². The first-order valence-electron chi connectivity index (χ1n) is 2.75. The Morgan fingerprint density at radius 3 is 2.00 bits per heavy atom. The average molecular weight is 114 g/mol. The van der Waals surface area contributed by atoms with Gasteiger partial charge in [-0.2, -0.15) is 0 Å². The van der Waals surface area contributed by atoms with Crippen molar-refractivity contribution >= 4 is 5.71 Å². The molecule has 2 heteroatoms. The second-order valence-electron chi connectivity index (χ2n) is 2.33. The van der Waals surface area contributed by atoms with E-state index in [-0.39, 0.29) is 0 Å². The number of hydrogen-bond donors (Lipinski definition) is 0. The van der Waals surface area contributed by atoms with Crippen LogP contribution in [0.4, 0.5) is 0 Å². The lowest BCUT2D eigenvalue weighted by Gasteiger charge is -2.03. The summed E-state index contributed by atoms with van der Waals surface area (Å²) >= 11 is 0. The summed E-state index contributed by atoms with van der Waals surface area (Å²) in [6, 6.07) is 0. The van der Waals surface area contributed by atoms with Crippen LogP contribution in [0.25, 0.3) is 0 Å². The zero-order chi connectivity index (χ0) is 6.57. The normalized spacial score (nSPS) is 9.62. The highest BCUT2D eigenvalue weighted by atomic mass is 15.1. The lowest BCUT2D eigenvalue weighted by molar-refractivity contribution is 0.424. The topological polar surface area (TPSA) is 15.6 Å². The van der Waals surface area contributed by atoms with Crippen molar-refractivity contribution < 1.29 is 0 Å². The Morgan fingerprint density at radius 1 is 1.38 bits per heavy atom. The molecule has 0 radical (unpaired) electrons. The first kappa shape index (κ1) is 7.63. The van der Waals surface area contributed by atoms with E-state index in [2.05, 4.69) is 4.99 Å². The number of aliphatic imine (C=N–C) groups is 1. The van der Waals surface area contributed by atoms with Crippen LogP contribution in [0.1, 0.15) is 13.8 Å². The van der Waals surface area contributed by atoms with E-state index in [0.717, 1.165) is 12.4 Å². The molecule has 8 heavy (non-hydrogen) atoms. The first-order chi connectivity index (χ1) is 3.63. The molecule has 0 N–H and O–H groups in total. The fourth-order valence-electron chi connectivity index (χ4n) is 0.283.